The summed E-state index contributed by atoms with van der Waals surface area (Å²) in [5.74, 6) is 2.04. The normalized spacial score (nSPS) is 15.5. The van der Waals surface area contributed by atoms with E-state index in [0.717, 1.165) is 24.3 Å². The van der Waals surface area contributed by atoms with Crippen molar-refractivity contribution in [3.8, 4) is 23.5 Å². The minimum Gasteiger partial charge on any atom is -0.479 e. The van der Waals surface area contributed by atoms with Crippen LogP contribution in [0.4, 0.5) is 11.6 Å². The average Bonchev–Trinajstić information content (AvgIpc) is 3.48. The fourth-order valence-corrected chi connectivity index (χ4v) is 5.20. The number of methoxy groups -OCH3 is 2. The van der Waals surface area contributed by atoms with Crippen LogP contribution < -0.4 is 35.3 Å². The Labute approximate surface area is 218 Å². The number of carbonyl (C=O) groups is 1. The molecule has 0 radical (unpaired) electrons. The number of nitrogens with two attached hydrogens (primary N) is 1. The smallest absolute Gasteiger partial charge is 0.290 e. The maximum absolute atomic E-state index is 12.9. The maximum Gasteiger partial charge on any atom is 0.290 e. The Morgan fingerprint density at radius 2 is 1.86 bits per heavy atom. The van der Waals surface area contributed by atoms with Gasteiger partial charge in [0.05, 0.1) is 28.7 Å². The van der Waals surface area contributed by atoms with E-state index < -0.39 is 8.07 Å². The summed E-state index contributed by atoms with van der Waals surface area (Å²) in [6.45, 7) is 10.2. The van der Waals surface area contributed by atoms with E-state index in [1.54, 1.807) is 12.1 Å². The SMILES string of the molecule is COc1nc(N2CCC(N)C2)nc(OC)c1NC(=O)Cc1ccc(Oc2cc([Si](C)(C)C)ccc2C)o1. The third-order valence-corrected chi connectivity index (χ3v) is 8.27. The highest BCUT2D eigenvalue weighted by molar-refractivity contribution is 6.88. The minimum atomic E-state index is -1.49. The number of furan rings is 1. The van der Waals surface area contributed by atoms with Gasteiger partial charge in [-0.15, -0.1) is 0 Å². The van der Waals surface area contributed by atoms with Gasteiger partial charge >= 0.3 is 0 Å². The predicted octanol–water partition coefficient (Wildman–Crippen LogP) is 3.45. The first-order chi connectivity index (χ1) is 17.6. The van der Waals surface area contributed by atoms with Crippen LogP contribution in [0.15, 0.2) is 34.7 Å². The molecular weight excluding hydrogens is 490 g/mol. The second-order valence-corrected chi connectivity index (χ2v) is 15.3. The molecule has 10 nitrogen and oxygen atoms in total. The zero-order valence-electron chi connectivity index (χ0n) is 22.3. The number of hydrogen-bond acceptors (Lipinski definition) is 9. The van der Waals surface area contributed by atoms with Crippen LogP contribution in [0, 0.1) is 6.92 Å². The summed E-state index contributed by atoms with van der Waals surface area (Å²) in [5, 5.41) is 4.09. The highest BCUT2D eigenvalue weighted by Crippen LogP contribution is 2.34. The zero-order valence-corrected chi connectivity index (χ0v) is 23.3. The van der Waals surface area contributed by atoms with Crippen molar-refractivity contribution < 1.29 is 23.4 Å². The third-order valence-electron chi connectivity index (χ3n) is 6.23. The van der Waals surface area contributed by atoms with E-state index in [0.29, 0.717) is 24.2 Å². The molecule has 0 aliphatic carbocycles. The van der Waals surface area contributed by atoms with Crippen molar-refractivity contribution >= 4 is 30.8 Å². The molecule has 2 aromatic heterocycles. The zero-order chi connectivity index (χ0) is 26.7. The second kappa shape index (κ2) is 10.8. The Balaban J connectivity index is 1.46. The van der Waals surface area contributed by atoms with Crippen molar-refractivity contribution in [2.24, 2.45) is 5.73 Å². The highest BCUT2D eigenvalue weighted by atomic mass is 28.3. The van der Waals surface area contributed by atoms with Gasteiger partial charge in [0, 0.05) is 25.2 Å². The topological polar surface area (TPSA) is 125 Å². The van der Waals surface area contributed by atoms with Crippen molar-refractivity contribution in [3.05, 3.63) is 41.7 Å². The maximum atomic E-state index is 12.9. The molecule has 1 aliphatic heterocycles. The molecule has 4 rings (SSSR count). The summed E-state index contributed by atoms with van der Waals surface area (Å²) >= 11 is 0. The van der Waals surface area contributed by atoms with Crippen LogP contribution in [0.5, 0.6) is 23.5 Å². The summed E-state index contributed by atoms with van der Waals surface area (Å²) in [4.78, 5) is 23.8. The molecule has 3 aromatic rings. The number of hydrogen-bond donors (Lipinski definition) is 2. The van der Waals surface area contributed by atoms with Crippen molar-refractivity contribution in [2.45, 2.75) is 45.4 Å². The monoisotopic (exact) mass is 525 g/mol. The lowest BCUT2D eigenvalue weighted by Crippen LogP contribution is -2.37. The molecule has 198 valence electrons. The second-order valence-electron chi connectivity index (χ2n) is 10.2. The Morgan fingerprint density at radius 3 is 2.46 bits per heavy atom. The van der Waals surface area contributed by atoms with Crippen LogP contribution in [-0.2, 0) is 11.2 Å². The molecule has 3 heterocycles. The minimum absolute atomic E-state index is 0.0215. The van der Waals surface area contributed by atoms with Crippen LogP contribution >= 0.6 is 0 Å². The van der Waals surface area contributed by atoms with Gasteiger partial charge in [-0.05, 0) is 31.0 Å². The molecule has 11 heteroatoms. The van der Waals surface area contributed by atoms with Crippen LogP contribution in [0.25, 0.3) is 0 Å². The van der Waals surface area contributed by atoms with E-state index in [4.69, 9.17) is 24.4 Å². The Morgan fingerprint density at radius 1 is 1.16 bits per heavy atom. The summed E-state index contributed by atoms with van der Waals surface area (Å²) in [6.07, 6.45) is 0.830. The first kappa shape index (κ1) is 26.5. The average molecular weight is 526 g/mol. The number of aromatic nitrogens is 2. The van der Waals surface area contributed by atoms with Crippen molar-refractivity contribution in [1.29, 1.82) is 0 Å². The van der Waals surface area contributed by atoms with Gasteiger partial charge in [-0.1, -0.05) is 37.0 Å². The lowest BCUT2D eigenvalue weighted by atomic mass is 10.2. The van der Waals surface area contributed by atoms with Gasteiger partial charge in [-0.2, -0.15) is 9.97 Å². The molecule has 37 heavy (non-hydrogen) atoms. The van der Waals surface area contributed by atoms with Gasteiger partial charge < -0.3 is 34.6 Å². The lowest BCUT2D eigenvalue weighted by Gasteiger charge is -2.19. The highest BCUT2D eigenvalue weighted by Gasteiger charge is 2.26. The molecule has 1 unspecified atom stereocenters. The standard InChI is InChI=1S/C26H35N5O5Si/c1-16-7-9-19(37(4,5)6)14-20(16)36-22-10-8-18(35-22)13-21(32)28-23-24(33-2)29-26(30-25(23)34-3)31-12-11-17(27)15-31/h7-10,14,17H,11-13,15,27H2,1-6H3,(H,28,32). The Hall–Kier alpha value is -3.57. The molecule has 1 saturated heterocycles. The van der Waals surface area contributed by atoms with Gasteiger partial charge in [0.2, 0.25) is 23.6 Å². The fraction of sp³-hybridized carbons (Fsp3) is 0.423. The number of ether oxygens (including phenoxy) is 3. The van der Waals surface area contributed by atoms with Gasteiger partial charge in [0.25, 0.3) is 5.95 Å². The van der Waals surface area contributed by atoms with Gasteiger partial charge in [-0.3, -0.25) is 4.79 Å². The Kier molecular flexibility index (Phi) is 7.74. The van der Waals surface area contributed by atoms with E-state index in [2.05, 4.69) is 53.1 Å². The van der Waals surface area contributed by atoms with Gasteiger partial charge in [-0.25, -0.2) is 0 Å². The summed E-state index contributed by atoms with van der Waals surface area (Å²) in [5.41, 5.74) is 7.28. The van der Waals surface area contributed by atoms with Crippen LogP contribution in [0.3, 0.4) is 0 Å². The molecule has 1 aliphatic rings. The molecule has 0 saturated carbocycles. The van der Waals surface area contributed by atoms with Crippen molar-refractivity contribution in [3.63, 3.8) is 0 Å². The van der Waals surface area contributed by atoms with E-state index in [9.17, 15) is 4.79 Å². The fourth-order valence-electron chi connectivity index (χ4n) is 4.06. The van der Waals surface area contributed by atoms with Crippen LogP contribution in [0.2, 0.25) is 19.6 Å². The van der Waals surface area contributed by atoms with Crippen molar-refractivity contribution in [1.82, 2.24) is 9.97 Å². The molecule has 0 spiro atoms. The lowest BCUT2D eigenvalue weighted by molar-refractivity contribution is -0.115. The first-order valence-electron chi connectivity index (χ1n) is 12.3. The summed E-state index contributed by atoms with van der Waals surface area (Å²) in [7, 11) is 1.47. The molecule has 3 N–H and O–H groups in total. The third kappa shape index (κ3) is 6.23. The number of nitrogens with one attached hydrogen (secondary N) is 1. The quantitative estimate of drug-likeness (QED) is 0.404. The van der Waals surface area contributed by atoms with E-state index in [1.807, 2.05) is 11.8 Å². The molecule has 1 atom stereocenters. The molecular formula is C26H35N5O5Si. The van der Waals surface area contributed by atoms with Crippen LogP contribution in [-0.4, -0.2) is 57.3 Å². The molecule has 0 bridgehead atoms. The van der Waals surface area contributed by atoms with Crippen molar-refractivity contribution in [2.75, 3.05) is 37.5 Å². The van der Waals surface area contributed by atoms with Gasteiger partial charge in [0.15, 0.2) is 5.69 Å². The first-order valence-corrected chi connectivity index (χ1v) is 15.8. The number of rotatable bonds is 9. The summed E-state index contributed by atoms with van der Waals surface area (Å²) in [6, 6.07) is 9.79. The predicted molar refractivity (Wildman–Crippen MR) is 145 cm³/mol. The number of benzene rings is 1. The summed E-state index contributed by atoms with van der Waals surface area (Å²) < 4.78 is 22.7. The molecule has 1 fully saturated rings. The molecule has 1 aromatic carbocycles. The number of anilines is 2. The van der Waals surface area contributed by atoms with Crippen LogP contribution in [0.1, 0.15) is 17.7 Å². The number of aryl methyl sites for hydroxylation is 1. The number of nitrogens with zero attached hydrogens (tertiary/aromatic N) is 3. The van der Waals surface area contributed by atoms with E-state index in [-0.39, 0.29) is 35.8 Å². The Bertz CT molecular complexity index is 1250. The number of amides is 1. The van der Waals surface area contributed by atoms with E-state index in [1.165, 1.54) is 19.4 Å². The number of carbonyl (C=O) groups excluding carboxylic acids is 1. The molecule has 1 amide bonds. The van der Waals surface area contributed by atoms with Gasteiger partial charge in [0.1, 0.15) is 11.5 Å². The largest absolute Gasteiger partial charge is 0.479 e. The van der Waals surface area contributed by atoms with E-state index >= 15 is 0 Å².